The number of nitrogens with zero attached hydrogens (tertiary/aromatic N) is 3. The number of carbonyl (C=O) groups excluding carboxylic acids is 1. The topological polar surface area (TPSA) is 72.8 Å². The summed E-state index contributed by atoms with van der Waals surface area (Å²) in [5.74, 6) is 1.04. The smallest absolute Gasteiger partial charge is 0.209 e. The third-order valence-electron chi connectivity index (χ3n) is 4.32. The van der Waals surface area contributed by atoms with Crippen molar-refractivity contribution in [3.8, 4) is 11.4 Å². The molecule has 0 saturated carbocycles. The molecule has 1 aromatic carbocycles. The first-order chi connectivity index (χ1) is 13.0. The Morgan fingerprint density at radius 2 is 2.11 bits per heavy atom. The first kappa shape index (κ1) is 19.9. The van der Waals surface area contributed by atoms with Crippen LogP contribution in [0.15, 0.2) is 40.0 Å². The van der Waals surface area contributed by atoms with Crippen molar-refractivity contribution in [1.29, 1.82) is 0 Å². The number of aryl methyl sites for hydroxylation is 1. The number of methoxy groups -OCH3 is 1. The van der Waals surface area contributed by atoms with Crippen LogP contribution < -0.4 is 0 Å². The van der Waals surface area contributed by atoms with Crippen molar-refractivity contribution in [2.75, 3.05) is 19.5 Å². The highest BCUT2D eigenvalue weighted by Crippen LogP contribution is 2.27. The maximum atomic E-state index is 12.7. The van der Waals surface area contributed by atoms with Crippen molar-refractivity contribution in [2.24, 2.45) is 0 Å². The third-order valence-corrected chi connectivity index (χ3v) is 5.86. The summed E-state index contributed by atoms with van der Waals surface area (Å²) in [4.78, 5) is 17.2. The second-order valence-electron chi connectivity index (χ2n) is 6.09. The number of thioether (sulfide) groups is 1. The number of ketones is 1. The third kappa shape index (κ3) is 4.51. The Kier molecular flexibility index (Phi) is 6.51. The van der Waals surface area contributed by atoms with Crippen LogP contribution in [0.1, 0.15) is 21.7 Å². The maximum Gasteiger partial charge on any atom is 0.209 e. The Balaban J connectivity index is 1.67. The van der Waals surface area contributed by atoms with Crippen molar-refractivity contribution in [1.82, 2.24) is 19.7 Å². The van der Waals surface area contributed by atoms with Gasteiger partial charge in [0.1, 0.15) is 0 Å². The molecule has 6 nitrogen and oxygen atoms in total. The van der Waals surface area contributed by atoms with E-state index in [2.05, 4.69) is 35.7 Å². The zero-order valence-electron chi connectivity index (χ0n) is 15.5. The lowest BCUT2D eigenvalue weighted by Gasteiger charge is -2.08. The van der Waals surface area contributed by atoms with E-state index in [-0.39, 0.29) is 5.78 Å². The van der Waals surface area contributed by atoms with E-state index in [4.69, 9.17) is 4.74 Å². The van der Waals surface area contributed by atoms with E-state index in [1.807, 2.05) is 44.2 Å². The minimum atomic E-state index is 0.0732. The van der Waals surface area contributed by atoms with Gasteiger partial charge < -0.3 is 9.30 Å². The van der Waals surface area contributed by atoms with Crippen LogP contribution in [-0.2, 0) is 11.3 Å². The summed E-state index contributed by atoms with van der Waals surface area (Å²) in [6.07, 6.45) is 0. The minimum Gasteiger partial charge on any atom is -0.383 e. The number of H-pyrrole nitrogens is 1. The molecule has 3 rings (SSSR count). The molecular weight excluding hydrogens is 428 g/mol. The number of aromatic amines is 1. The number of hydrogen-bond acceptors (Lipinski definition) is 5. The second kappa shape index (κ2) is 8.86. The SMILES string of the molecule is COCCn1c(C)cc(C(=O)CSc2n[nH]c(-c3ccccc3Br)n2)c1C. The molecule has 2 heterocycles. The van der Waals surface area contributed by atoms with Crippen molar-refractivity contribution in [3.63, 3.8) is 0 Å². The zero-order chi connectivity index (χ0) is 19.4. The fourth-order valence-electron chi connectivity index (χ4n) is 2.90. The number of nitrogens with one attached hydrogen (secondary N) is 1. The van der Waals surface area contributed by atoms with E-state index in [1.165, 1.54) is 11.8 Å². The molecule has 0 radical (unpaired) electrons. The fourth-order valence-corrected chi connectivity index (χ4v) is 4.06. The van der Waals surface area contributed by atoms with Crippen LogP contribution in [0, 0.1) is 13.8 Å². The van der Waals surface area contributed by atoms with Gasteiger partial charge >= 0.3 is 0 Å². The van der Waals surface area contributed by atoms with Gasteiger partial charge in [0.05, 0.1) is 12.4 Å². The number of aromatic nitrogens is 4. The molecular formula is C19H21BrN4O2S. The lowest BCUT2D eigenvalue weighted by Crippen LogP contribution is -2.09. The van der Waals surface area contributed by atoms with Gasteiger partial charge in [-0.1, -0.05) is 45.9 Å². The quantitative estimate of drug-likeness (QED) is 0.411. The summed E-state index contributed by atoms with van der Waals surface area (Å²) >= 11 is 4.84. The Morgan fingerprint density at radius 3 is 2.85 bits per heavy atom. The predicted octanol–water partition coefficient (Wildman–Crippen LogP) is 4.27. The van der Waals surface area contributed by atoms with Gasteiger partial charge in [0.15, 0.2) is 11.6 Å². The molecule has 0 amide bonds. The lowest BCUT2D eigenvalue weighted by molar-refractivity contribution is 0.102. The highest BCUT2D eigenvalue weighted by Gasteiger charge is 2.17. The zero-order valence-corrected chi connectivity index (χ0v) is 17.9. The number of ether oxygens (including phenoxy) is 1. The summed E-state index contributed by atoms with van der Waals surface area (Å²) in [5.41, 5.74) is 3.72. The maximum absolute atomic E-state index is 12.7. The van der Waals surface area contributed by atoms with E-state index < -0.39 is 0 Å². The molecule has 8 heteroatoms. The predicted molar refractivity (Wildman–Crippen MR) is 110 cm³/mol. The summed E-state index contributed by atoms with van der Waals surface area (Å²) in [6.45, 7) is 5.34. The Hall–Kier alpha value is -1.90. The minimum absolute atomic E-state index is 0.0732. The Labute approximate surface area is 170 Å². The summed E-state index contributed by atoms with van der Waals surface area (Å²) < 4.78 is 8.20. The van der Waals surface area contributed by atoms with Gasteiger partial charge in [0, 0.05) is 40.6 Å². The molecule has 0 atom stereocenters. The standard InChI is InChI=1S/C19H21BrN4O2S/c1-12-10-15(13(2)24(12)8-9-26-3)17(25)11-27-19-21-18(22-23-19)14-6-4-5-7-16(14)20/h4-7,10H,8-9,11H2,1-3H3,(H,21,22,23). The highest BCUT2D eigenvalue weighted by molar-refractivity contribution is 9.10. The molecule has 0 aliphatic carbocycles. The molecule has 3 aromatic rings. The van der Waals surface area contributed by atoms with E-state index in [0.29, 0.717) is 23.3 Å². The number of hydrogen-bond donors (Lipinski definition) is 1. The molecule has 0 spiro atoms. The van der Waals surface area contributed by atoms with E-state index in [1.54, 1.807) is 7.11 Å². The molecule has 27 heavy (non-hydrogen) atoms. The highest BCUT2D eigenvalue weighted by atomic mass is 79.9. The molecule has 0 bridgehead atoms. The van der Waals surface area contributed by atoms with Crippen molar-refractivity contribution >= 4 is 33.5 Å². The van der Waals surface area contributed by atoms with Crippen LogP contribution in [0.3, 0.4) is 0 Å². The van der Waals surface area contributed by atoms with Crippen molar-refractivity contribution < 1.29 is 9.53 Å². The average molecular weight is 449 g/mol. The molecule has 1 N–H and O–H groups in total. The van der Waals surface area contributed by atoms with Gasteiger partial charge in [-0.05, 0) is 26.0 Å². The molecule has 0 aliphatic heterocycles. The summed E-state index contributed by atoms with van der Waals surface area (Å²) in [7, 11) is 1.68. The number of carbonyl (C=O) groups is 1. The fraction of sp³-hybridized carbons (Fsp3) is 0.316. The molecule has 0 aliphatic rings. The number of benzene rings is 1. The van der Waals surface area contributed by atoms with E-state index >= 15 is 0 Å². The van der Waals surface area contributed by atoms with Gasteiger partial charge in [-0.25, -0.2) is 4.98 Å². The summed E-state index contributed by atoms with van der Waals surface area (Å²) in [6, 6.07) is 9.74. The first-order valence-electron chi connectivity index (χ1n) is 8.50. The Bertz CT molecular complexity index is 951. The van der Waals surface area contributed by atoms with Crippen LogP contribution in [0.4, 0.5) is 0 Å². The van der Waals surface area contributed by atoms with Gasteiger partial charge in [-0.3, -0.25) is 9.89 Å². The summed E-state index contributed by atoms with van der Waals surface area (Å²) in [5, 5.41) is 7.71. The molecule has 142 valence electrons. The molecule has 0 saturated heterocycles. The molecule has 0 fully saturated rings. The first-order valence-corrected chi connectivity index (χ1v) is 10.3. The number of rotatable bonds is 8. The second-order valence-corrected chi connectivity index (χ2v) is 7.88. The van der Waals surface area contributed by atoms with Crippen LogP contribution >= 0.6 is 27.7 Å². The van der Waals surface area contributed by atoms with Crippen LogP contribution in [-0.4, -0.2) is 45.0 Å². The van der Waals surface area contributed by atoms with Crippen LogP contribution in [0.25, 0.3) is 11.4 Å². The normalized spacial score (nSPS) is 11.1. The molecule has 0 unspecified atom stereocenters. The monoisotopic (exact) mass is 448 g/mol. The average Bonchev–Trinajstić information content (AvgIpc) is 3.23. The van der Waals surface area contributed by atoms with Gasteiger partial charge in [-0.2, -0.15) is 0 Å². The van der Waals surface area contributed by atoms with E-state index in [0.717, 1.165) is 33.5 Å². The van der Waals surface area contributed by atoms with Gasteiger partial charge in [-0.15, -0.1) is 5.10 Å². The number of halogens is 1. The number of Topliss-reactive ketones (excluding diaryl/α,β-unsaturated/α-hetero) is 1. The van der Waals surface area contributed by atoms with Crippen LogP contribution in [0.2, 0.25) is 0 Å². The van der Waals surface area contributed by atoms with Gasteiger partial charge in [0.25, 0.3) is 0 Å². The largest absolute Gasteiger partial charge is 0.383 e. The van der Waals surface area contributed by atoms with Gasteiger partial charge in [0.2, 0.25) is 5.16 Å². The van der Waals surface area contributed by atoms with E-state index in [9.17, 15) is 4.79 Å². The van der Waals surface area contributed by atoms with Crippen molar-refractivity contribution in [3.05, 3.63) is 51.8 Å². The lowest BCUT2D eigenvalue weighted by atomic mass is 10.2. The van der Waals surface area contributed by atoms with Crippen molar-refractivity contribution in [2.45, 2.75) is 25.5 Å². The molecule has 2 aromatic heterocycles. The Morgan fingerprint density at radius 1 is 1.33 bits per heavy atom. The van der Waals surface area contributed by atoms with Crippen LogP contribution in [0.5, 0.6) is 0 Å².